The lowest BCUT2D eigenvalue weighted by Crippen LogP contribution is -2.45. The van der Waals surface area contributed by atoms with Crippen LogP contribution in [0.5, 0.6) is 0 Å². The van der Waals surface area contributed by atoms with E-state index in [2.05, 4.69) is 29.5 Å². The molecule has 0 saturated carbocycles. The molecule has 1 heterocycles. The molecule has 23 heavy (non-hydrogen) atoms. The molecule has 0 aromatic rings. The van der Waals surface area contributed by atoms with Crippen LogP contribution in [-0.2, 0) is 4.74 Å². The van der Waals surface area contributed by atoms with Crippen molar-refractivity contribution in [2.75, 3.05) is 40.0 Å². The number of hydrogen-bond acceptors (Lipinski definition) is 3. The SMILES string of the molecule is CCCCC(CC)CNC(=NC)NCC1(CCO)CCOC1.I. The lowest BCUT2D eigenvalue weighted by Gasteiger charge is -2.28. The molecule has 1 fully saturated rings. The van der Waals surface area contributed by atoms with E-state index in [0.717, 1.165) is 45.1 Å². The zero-order valence-electron chi connectivity index (χ0n) is 15.1. The highest BCUT2D eigenvalue weighted by Gasteiger charge is 2.34. The fourth-order valence-corrected chi connectivity index (χ4v) is 2.99. The third-order valence-corrected chi connectivity index (χ3v) is 4.78. The van der Waals surface area contributed by atoms with E-state index in [9.17, 15) is 5.11 Å². The zero-order chi connectivity index (χ0) is 16.3. The Bertz CT molecular complexity index is 321. The van der Waals surface area contributed by atoms with Crippen LogP contribution in [0.1, 0.15) is 52.4 Å². The molecule has 0 radical (unpaired) electrons. The van der Waals surface area contributed by atoms with Crippen molar-refractivity contribution in [3.63, 3.8) is 0 Å². The summed E-state index contributed by atoms with van der Waals surface area (Å²) in [6.07, 6.45) is 6.82. The highest BCUT2D eigenvalue weighted by molar-refractivity contribution is 14.0. The minimum Gasteiger partial charge on any atom is -0.396 e. The summed E-state index contributed by atoms with van der Waals surface area (Å²) >= 11 is 0. The van der Waals surface area contributed by atoms with E-state index < -0.39 is 0 Å². The molecule has 0 bridgehead atoms. The van der Waals surface area contributed by atoms with Crippen molar-refractivity contribution in [2.45, 2.75) is 52.4 Å². The van der Waals surface area contributed by atoms with E-state index in [4.69, 9.17) is 4.74 Å². The number of aliphatic hydroxyl groups excluding tert-OH is 1. The quantitative estimate of drug-likeness (QED) is 0.277. The first-order valence-corrected chi connectivity index (χ1v) is 8.82. The van der Waals surface area contributed by atoms with Crippen LogP contribution in [0.4, 0.5) is 0 Å². The average molecular weight is 441 g/mol. The standard InChI is InChI=1S/C17H35N3O2.HI/c1-4-6-7-15(5-2)12-19-16(18-3)20-13-17(8-10-21)9-11-22-14-17;/h15,21H,4-14H2,1-3H3,(H2,18,19,20);1H. The third kappa shape index (κ3) is 8.54. The minimum absolute atomic E-state index is 0. The normalized spacial score (nSPS) is 22.5. The predicted molar refractivity (Wildman–Crippen MR) is 108 cm³/mol. The van der Waals surface area contributed by atoms with Crippen molar-refractivity contribution in [1.82, 2.24) is 10.6 Å². The van der Waals surface area contributed by atoms with Gasteiger partial charge in [0.2, 0.25) is 0 Å². The lowest BCUT2D eigenvalue weighted by molar-refractivity contribution is 0.127. The number of aliphatic hydroxyl groups is 1. The molecule has 0 aliphatic carbocycles. The Kier molecular flexibility index (Phi) is 13.2. The molecule has 1 aliphatic heterocycles. The van der Waals surface area contributed by atoms with E-state index in [1.54, 1.807) is 0 Å². The summed E-state index contributed by atoms with van der Waals surface area (Å²) in [6.45, 7) is 8.01. The molecule has 6 heteroatoms. The maximum absolute atomic E-state index is 9.28. The molecule has 0 aromatic heterocycles. The molecule has 0 amide bonds. The number of aliphatic imine (C=N–C) groups is 1. The van der Waals surface area contributed by atoms with Gasteiger partial charge in [0.25, 0.3) is 0 Å². The van der Waals surface area contributed by atoms with Crippen LogP contribution in [0.2, 0.25) is 0 Å². The van der Waals surface area contributed by atoms with E-state index in [1.807, 2.05) is 7.05 Å². The van der Waals surface area contributed by atoms with Gasteiger partial charge >= 0.3 is 0 Å². The van der Waals surface area contributed by atoms with Gasteiger partial charge in [0.15, 0.2) is 5.96 Å². The lowest BCUT2D eigenvalue weighted by atomic mass is 9.84. The summed E-state index contributed by atoms with van der Waals surface area (Å²) in [5.74, 6) is 1.57. The number of hydrogen-bond donors (Lipinski definition) is 3. The van der Waals surface area contributed by atoms with Gasteiger partial charge in [0, 0.05) is 38.8 Å². The molecule has 138 valence electrons. The van der Waals surface area contributed by atoms with Gasteiger partial charge in [-0.3, -0.25) is 4.99 Å². The van der Waals surface area contributed by atoms with Gasteiger partial charge in [-0.05, 0) is 25.2 Å². The van der Waals surface area contributed by atoms with Crippen LogP contribution in [0, 0.1) is 11.3 Å². The Morgan fingerprint density at radius 1 is 1.35 bits per heavy atom. The maximum Gasteiger partial charge on any atom is 0.191 e. The van der Waals surface area contributed by atoms with Gasteiger partial charge in [-0.1, -0.05) is 33.1 Å². The molecule has 2 atom stereocenters. The second-order valence-corrected chi connectivity index (χ2v) is 6.50. The van der Waals surface area contributed by atoms with Crippen LogP contribution >= 0.6 is 24.0 Å². The maximum atomic E-state index is 9.28. The Morgan fingerprint density at radius 3 is 2.65 bits per heavy atom. The van der Waals surface area contributed by atoms with Gasteiger partial charge in [0.05, 0.1) is 6.61 Å². The second kappa shape index (κ2) is 13.2. The summed E-state index contributed by atoms with van der Waals surface area (Å²) in [5, 5.41) is 16.1. The smallest absolute Gasteiger partial charge is 0.191 e. The number of nitrogens with zero attached hydrogens (tertiary/aromatic N) is 1. The molecule has 3 N–H and O–H groups in total. The Hall–Kier alpha value is -0.0800. The van der Waals surface area contributed by atoms with Crippen LogP contribution in [0.3, 0.4) is 0 Å². The fraction of sp³-hybridized carbons (Fsp3) is 0.941. The third-order valence-electron chi connectivity index (χ3n) is 4.78. The van der Waals surface area contributed by atoms with Gasteiger partial charge in [-0.15, -0.1) is 24.0 Å². The number of unbranched alkanes of at least 4 members (excludes halogenated alkanes) is 1. The Labute approximate surface area is 159 Å². The predicted octanol–water partition coefficient (Wildman–Crippen LogP) is 2.77. The number of ether oxygens (including phenoxy) is 1. The monoisotopic (exact) mass is 441 g/mol. The van der Waals surface area contributed by atoms with Crippen molar-refractivity contribution in [2.24, 2.45) is 16.3 Å². The second-order valence-electron chi connectivity index (χ2n) is 6.50. The first-order chi connectivity index (χ1) is 10.7. The summed E-state index contributed by atoms with van der Waals surface area (Å²) < 4.78 is 5.53. The highest BCUT2D eigenvalue weighted by atomic mass is 127. The van der Waals surface area contributed by atoms with Gasteiger partial charge in [0.1, 0.15) is 0 Å². The number of rotatable bonds is 10. The topological polar surface area (TPSA) is 65.9 Å². The van der Waals surface area contributed by atoms with E-state index >= 15 is 0 Å². The van der Waals surface area contributed by atoms with Crippen LogP contribution in [0.15, 0.2) is 4.99 Å². The summed E-state index contributed by atoms with van der Waals surface area (Å²) in [4.78, 5) is 4.32. The Morgan fingerprint density at radius 2 is 2.13 bits per heavy atom. The van der Waals surface area contributed by atoms with Gasteiger partial charge in [-0.2, -0.15) is 0 Å². The van der Waals surface area contributed by atoms with Crippen LogP contribution in [-0.4, -0.2) is 51.0 Å². The number of guanidine groups is 1. The summed E-state index contributed by atoms with van der Waals surface area (Å²) in [7, 11) is 1.81. The van der Waals surface area contributed by atoms with Crippen molar-refractivity contribution < 1.29 is 9.84 Å². The number of halogens is 1. The minimum atomic E-state index is 0. The largest absolute Gasteiger partial charge is 0.396 e. The molecule has 2 unspecified atom stereocenters. The molecule has 1 rings (SSSR count). The van der Waals surface area contributed by atoms with Crippen molar-refractivity contribution >= 4 is 29.9 Å². The summed E-state index contributed by atoms with van der Waals surface area (Å²) in [6, 6.07) is 0. The first-order valence-electron chi connectivity index (χ1n) is 8.82. The molecule has 1 saturated heterocycles. The van der Waals surface area contributed by atoms with Crippen LogP contribution < -0.4 is 10.6 Å². The van der Waals surface area contributed by atoms with E-state index in [-0.39, 0.29) is 36.0 Å². The van der Waals surface area contributed by atoms with Gasteiger partial charge in [-0.25, -0.2) is 0 Å². The van der Waals surface area contributed by atoms with E-state index in [0.29, 0.717) is 5.92 Å². The molecule has 1 aliphatic rings. The van der Waals surface area contributed by atoms with Crippen molar-refractivity contribution in [3.8, 4) is 0 Å². The van der Waals surface area contributed by atoms with E-state index in [1.165, 1.54) is 25.7 Å². The number of nitrogens with one attached hydrogen (secondary N) is 2. The molecular weight excluding hydrogens is 405 g/mol. The zero-order valence-corrected chi connectivity index (χ0v) is 17.4. The summed E-state index contributed by atoms with van der Waals surface area (Å²) in [5.41, 5.74) is 0.0543. The van der Waals surface area contributed by atoms with Crippen molar-refractivity contribution in [1.29, 1.82) is 0 Å². The highest BCUT2D eigenvalue weighted by Crippen LogP contribution is 2.31. The Balaban J connectivity index is 0.00000484. The molecule has 0 aromatic carbocycles. The van der Waals surface area contributed by atoms with Gasteiger partial charge < -0.3 is 20.5 Å². The molecule has 5 nitrogen and oxygen atoms in total. The van der Waals surface area contributed by atoms with Crippen molar-refractivity contribution in [3.05, 3.63) is 0 Å². The van der Waals surface area contributed by atoms with Crippen LogP contribution in [0.25, 0.3) is 0 Å². The first kappa shape index (κ1) is 22.9. The fourth-order valence-electron chi connectivity index (χ4n) is 2.99. The average Bonchev–Trinajstić information content (AvgIpc) is 2.99. The molecular formula is C17H36IN3O2. The molecule has 0 spiro atoms.